The first-order valence-electron chi connectivity index (χ1n) is 9.24. The van der Waals surface area contributed by atoms with Gasteiger partial charge in [-0.05, 0) is 54.8 Å². The molecule has 144 valence electrons. The van der Waals surface area contributed by atoms with Crippen molar-refractivity contribution in [3.8, 4) is 0 Å². The molecule has 0 spiro atoms. The van der Waals surface area contributed by atoms with Gasteiger partial charge in [0, 0.05) is 24.9 Å². The van der Waals surface area contributed by atoms with E-state index in [1.54, 1.807) is 24.3 Å². The summed E-state index contributed by atoms with van der Waals surface area (Å²) in [6.07, 6.45) is 3.78. The van der Waals surface area contributed by atoms with Crippen molar-refractivity contribution in [1.82, 2.24) is 10.2 Å². The molecule has 0 atom stereocenters. The molecule has 1 amide bonds. The smallest absolute Gasteiger partial charge is 0.251 e. The lowest BCUT2D eigenvalue weighted by Crippen LogP contribution is -2.23. The Hall–Kier alpha value is -2.18. The number of benzene rings is 2. The van der Waals surface area contributed by atoms with E-state index < -0.39 is 9.84 Å². The number of amides is 1. The number of carbonyl (C=O) groups is 1. The predicted octanol–water partition coefficient (Wildman–Crippen LogP) is 2.76. The minimum absolute atomic E-state index is 0.0152. The van der Waals surface area contributed by atoms with Crippen molar-refractivity contribution in [3.63, 3.8) is 0 Å². The Morgan fingerprint density at radius 2 is 1.48 bits per heavy atom. The van der Waals surface area contributed by atoms with Crippen LogP contribution in [0.5, 0.6) is 0 Å². The van der Waals surface area contributed by atoms with Gasteiger partial charge in [0.2, 0.25) is 0 Å². The molecule has 27 heavy (non-hydrogen) atoms. The fraction of sp³-hybridized carbons (Fsp3) is 0.381. The lowest BCUT2D eigenvalue weighted by molar-refractivity contribution is 0.0951. The lowest BCUT2D eigenvalue weighted by Gasteiger charge is -2.14. The third-order valence-electron chi connectivity index (χ3n) is 4.73. The molecule has 1 heterocycles. The molecule has 0 bridgehead atoms. The molecule has 2 aromatic rings. The molecular formula is C21H26N2O3S. The van der Waals surface area contributed by atoms with E-state index in [1.807, 2.05) is 0 Å². The van der Waals surface area contributed by atoms with E-state index in [-0.39, 0.29) is 11.7 Å². The van der Waals surface area contributed by atoms with Crippen molar-refractivity contribution in [2.45, 2.75) is 31.7 Å². The van der Waals surface area contributed by atoms with Crippen LogP contribution in [-0.2, 0) is 28.7 Å². The quantitative estimate of drug-likeness (QED) is 0.795. The number of hydrogen-bond acceptors (Lipinski definition) is 4. The minimum atomic E-state index is -3.07. The Kier molecular flexibility index (Phi) is 6.29. The van der Waals surface area contributed by atoms with Gasteiger partial charge in [-0.25, -0.2) is 8.42 Å². The summed E-state index contributed by atoms with van der Waals surface area (Å²) in [5, 5.41) is 2.91. The second-order valence-electron chi connectivity index (χ2n) is 7.25. The highest BCUT2D eigenvalue weighted by molar-refractivity contribution is 7.89. The maximum atomic E-state index is 12.3. The van der Waals surface area contributed by atoms with Gasteiger partial charge in [0.15, 0.2) is 9.84 Å². The van der Waals surface area contributed by atoms with Gasteiger partial charge >= 0.3 is 0 Å². The summed E-state index contributed by atoms with van der Waals surface area (Å²) < 4.78 is 22.6. The first-order valence-corrected chi connectivity index (χ1v) is 11.3. The van der Waals surface area contributed by atoms with Gasteiger partial charge in [-0.1, -0.05) is 36.4 Å². The summed E-state index contributed by atoms with van der Waals surface area (Å²) in [5.74, 6) is -0.180. The second-order valence-corrected chi connectivity index (χ2v) is 9.39. The van der Waals surface area contributed by atoms with Crippen molar-refractivity contribution in [2.75, 3.05) is 19.3 Å². The summed E-state index contributed by atoms with van der Waals surface area (Å²) in [4.78, 5) is 14.7. The van der Waals surface area contributed by atoms with E-state index in [4.69, 9.17) is 0 Å². The van der Waals surface area contributed by atoms with Crippen LogP contribution in [0.1, 0.15) is 39.9 Å². The van der Waals surface area contributed by atoms with Crippen molar-refractivity contribution in [3.05, 3.63) is 70.8 Å². The number of likely N-dealkylation sites (tertiary alicyclic amines) is 1. The van der Waals surface area contributed by atoms with Crippen LogP contribution >= 0.6 is 0 Å². The van der Waals surface area contributed by atoms with Crippen LogP contribution in [0.15, 0.2) is 48.5 Å². The predicted molar refractivity (Wildman–Crippen MR) is 107 cm³/mol. The van der Waals surface area contributed by atoms with E-state index in [9.17, 15) is 13.2 Å². The molecule has 1 saturated heterocycles. The van der Waals surface area contributed by atoms with Crippen LogP contribution in [0, 0.1) is 0 Å². The van der Waals surface area contributed by atoms with E-state index in [2.05, 4.69) is 34.5 Å². The van der Waals surface area contributed by atoms with Crippen molar-refractivity contribution >= 4 is 15.7 Å². The van der Waals surface area contributed by atoms with Crippen LogP contribution in [0.4, 0.5) is 0 Å². The van der Waals surface area contributed by atoms with Crippen LogP contribution in [0.2, 0.25) is 0 Å². The summed E-state index contributed by atoms with van der Waals surface area (Å²) in [5.41, 5.74) is 3.57. The third kappa shape index (κ3) is 6.19. The third-order valence-corrected chi connectivity index (χ3v) is 5.58. The highest BCUT2D eigenvalue weighted by atomic mass is 32.2. The standard InChI is InChI=1S/C21H26N2O3S/c1-27(25,26)16-19-8-10-20(11-9-19)21(24)22-14-17-4-6-18(7-5-17)15-23-12-2-3-13-23/h4-11H,2-3,12-16H2,1H3,(H,22,24). The number of nitrogens with one attached hydrogen (secondary N) is 1. The van der Waals surface area contributed by atoms with Crippen molar-refractivity contribution < 1.29 is 13.2 Å². The number of sulfone groups is 1. The van der Waals surface area contributed by atoms with E-state index in [1.165, 1.54) is 37.8 Å². The van der Waals surface area contributed by atoms with Crippen molar-refractivity contribution in [1.29, 1.82) is 0 Å². The summed E-state index contributed by atoms with van der Waals surface area (Å²) in [7, 11) is -3.07. The molecule has 1 N–H and O–H groups in total. The zero-order chi connectivity index (χ0) is 19.3. The van der Waals surface area contributed by atoms with Crippen LogP contribution in [0.3, 0.4) is 0 Å². The van der Waals surface area contributed by atoms with Crippen LogP contribution in [0.25, 0.3) is 0 Å². The van der Waals surface area contributed by atoms with Gasteiger partial charge in [0.25, 0.3) is 5.91 Å². The minimum Gasteiger partial charge on any atom is -0.348 e. The number of hydrogen-bond donors (Lipinski definition) is 1. The van der Waals surface area contributed by atoms with Crippen LogP contribution in [-0.4, -0.2) is 38.6 Å². The highest BCUT2D eigenvalue weighted by Crippen LogP contribution is 2.13. The Balaban J connectivity index is 1.51. The average Bonchev–Trinajstić information content (AvgIpc) is 3.13. The fourth-order valence-corrected chi connectivity index (χ4v) is 4.10. The molecule has 0 unspecified atom stereocenters. The molecule has 5 nitrogen and oxygen atoms in total. The van der Waals surface area contributed by atoms with Crippen LogP contribution < -0.4 is 5.32 Å². The summed E-state index contributed by atoms with van der Waals surface area (Å²) in [6.45, 7) is 3.82. The molecular weight excluding hydrogens is 360 g/mol. The van der Waals surface area contributed by atoms with Gasteiger partial charge in [0.1, 0.15) is 0 Å². The molecule has 1 aliphatic rings. The normalized spacial score (nSPS) is 15.0. The average molecular weight is 387 g/mol. The first kappa shape index (κ1) is 19.6. The largest absolute Gasteiger partial charge is 0.348 e. The van der Waals surface area contributed by atoms with E-state index >= 15 is 0 Å². The molecule has 0 aromatic heterocycles. The SMILES string of the molecule is CS(=O)(=O)Cc1ccc(C(=O)NCc2ccc(CN3CCCC3)cc2)cc1. The van der Waals surface area contributed by atoms with Gasteiger partial charge in [-0.15, -0.1) is 0 Å². The van der Waals surface area contributed by atoms with Crippen molar-refractivity contribution in [2.24, 2.45) is 0 Å². The summed E-state index contributed by atoms with van der Waals surface area (Å²) >= 11 is 0. The Labute approximate surface area is 161 Å². The van der Waals surface area contributed by atoms with Gasteiger partial charge in [-0.3, -0.25) is 9.69 Å². The molecule has 0 aliphatic carbocycles. The zero-order valence-corrected chi connectivity index (χ0v) is 16.5. The van der Waals surface area contributed by atoms with Gasteiger partial charge in [-0.2, -0.15) is 0 Å². The molecule has 3 rings (SSSR count). The number of nitrogens with zero attached hydrogens (tertiary/aromatic N) is 1. The Bertz CT molecular complexity index is 869. The maximum Gasteiger partial charge on any atom is 0.251 e. The molecule has 0 saturated carbocycles. The lowest BCUT2D eigenvalue weighted by atomic mass is 10.1. The molecule has 2 aromatic carbocycles. The fourth-order valence-electron chi connectivity index (χ4n) is 3.30. The zero-order valence-electron chi connectivity index (χ0n) is 15.6. The monoisotopic (exact) mass is 386 g/mol. The second kappa shape index (κ2) is 8.67. The van der Waals surface area contributed by atoms with Gasteiger partial charge < -0.3 is 5.32 Å². The topological polar surface area (TPSA) is 66.5 Å². The van der Waals surface area contributed by atoms with Gasteiger partial charge in [0.05, 0.1) is 5.75 Å². The Morgan fingerprint density at radius 3 is 2.07 bits per heavy atom. The Morgan fingerprint density at radius 1 is 0.926 bits per heavy atom. The maximum absolute atomic E-state index is 12.3. The van der Waals surface area contributed by atoms with E-state index in [0.717, 1.165) is 12.1 Å². The molecule has 0 radical (unpaired) electrons. The first-order chi connectivity index (χ1) is 12.9. The molecule has 6 heteroatoms. The summed E-state index contributed by atoms with van der Waals surface area (Å²) in [6, 6.07) is 15.1. The van der Waals surface area contributed by atoms with E-state index in [0.29, 0.717) is 17.7 Å². The molecule has 1 fully saturated rings. The molecule has 1 aliphatic heterocycles. The number of rotatable bonds is 7. The highest BCUT2D eigenvalue weighted by Gasteiger charge is 2.12. The number of carbonyl (C=O) groups excluding carboxylic acids is 1.